The van der Waals surface area contributed by atoms with Crippen LogP contribution in [0.3, 0.4) is 0 Å². The largest absolute Gasteiger partial charge is 0.422 e. The minimum absolute atomic E-state index is 0.721. The Bertz CT molecular complexity index is 160. The van der Waals surface area contributed by atoms with Crippen molar-refractivity contribution in [2.45, 2.75) is 13.0 Å². The highest BCUT2D eigenvalue weighted by molar-refractivity contribution is 7.41. The molecule has 0 unspecified atom stereocenters. The first-order valence-corrected chi connectivity index (χ1v) is 4.00. The second kappa shape index (κ2) is 4.77. The zero-order valence-corrected chi connectivity index (χ0v) is 7.73. The standard InChI is InChI=1S/C5H9F2O4P/c1-4(8)5(6,7)11-12(9-2)10-3/h1-3H3. The summed E-state index contributed by atoms with van der Waals surface area (Å²) in [4.78, 5) is 10.3. The van der Waals surface area contributed by atoms with E-state index in [1.807, 2.05) is 0 Å². The maximum Gasteiger partial charge on any atom is 0.422 e. The number of hydrogen-bond donors (Lipinski definition) is 0. The fourth-order valence-electron chi connectivity index (χ4n) is 0.307. The molecular weight excluding hydrogens is 193 g/mol. The summed E-state index contributed by atoms with van der Waals surface area (Å²) >= 11 is 0. The summed E-state index contributed by atoms with van der Waals surface area (Å²) in [7, 11) is 0.141. The lowest BCUT2D eigenvalue weighted by molar-refractivity contribution is -0.191. The normalized spacial score (nSPS) is 12.2. The number of ketones is 1. The molecular formula is C5H9F2O4P. The van der Waals surface area contributed by atoms with Gasteiger partial charge in [-0.3, -0.25) is 4.79 Å². The van der Waals surface area contributed by atoms with Gasteiger partial charge in [0.1, 0.15) is 0 Å². The molecule has 0 bridgehead atoms. The van der Waals surface area contributed by atoms with Crippen LogP contribution in [0.2, 0.25) is 0 Å². The van der Waals surface area contributed by atoms with E-state index in [-0.39, 0.29) is 0 Å². The fourth-order valence-corrected chi connectivity index (χ4v) is 0.921. The van der Waals surface area contributed by atoms with Crippen molar-refractivity contribution in [3.8, 4) is 0 Å². The second-order valence-electron chi connectivity index (χ2n) is 1.75. The third-order valence-electron chi connectivity index (χ3n) is 0.897. The van der Waals surface area contributed by atoms with Crippen molar-refractivity contribution in [2.24, 2.45) is 0 Å². The molecule has 72 valence electrons. The van der Waals surface area contributed by atoms with E-state index < -0.39 is 20.5 Å². The first-order chi connectivity index (χ1) is 5.44. The number of hydrogen-bond acceptors (Lipinski definition) is 4. The lowest BCUT2D eigenvalue weighted by Gasteiger charge is -2.17. The van der Waals surface area contributed by atoms with Gasteiger partial charge in [0, 0.05) is 21.1 Å². The molecule has 0 fully saturated rings. The average molecular weight is 202 g/mol. The van der Waals surface area contributed by atoms with Crippen LogP contribution in [-0.2, 0) is 18.4 Å². The zero-order valence-electron chi connectivity index (χ0n) is 6.84. The third-order valence-corrected chi connectivity index (χ3v) is 1.87. The Morgan fingerprint density at radius 1 is 1.33 bits per heavy atom. The van der Waals surface area contributed by atoms with Crippen LogP contribution in [0.5, 0.6) is 0 Å². The van der Waals surface area contributed by atoms with Gasteiger partial charge in [-0.2, -0.15) is 8.78 Å². The molecule has 12 heavy (non-hydrogen) atoms. The van der Waals surface area contributed by atoms with Crippen LogP contribution in [0.25, 0.3) is 0 Å². The second-order valence-corrected chi connectivity index (χ2v) is 3.11. The number of Topliss-reactive ketones (excluding diaryl/α,β-unsaturated/α-hetero) is 1. The van der Waals surface area contributed by atoms with Crippen molar-refractivity contribution in [3.63, 3.8) is 0 Å². The molecule has 0 aliphatic heterocycles. The molecule has 0 atom stereocenters. The quantitative estimate of drug-likeness (QED) is 0.636. The van der Waals surface area contributed by atoms with E-state index in [1.165, 1.54) is 0 Å². The topological polar surface area (TPSA) is 44.8 Å². The molecule has 0 saturated carbocycles. The van der Waals surface area contributed by atoms with Crippen molar-refractivity contribution in [1.82, 2.24) is 0 Å². The third kappa shape index (κ3) is 3.49. The van der Waals surface area contributed by atoms with Gasteiger partial charge in [-0.1, -0.05) is 0 Å². The molecule has 0 heterocycles. The van der Waals surface area contributed by atoms with Crippen LogP contribution in [-0.4, -0.2) is 26.1 Å². The van der Waals surface area contributed by atoms with Gasteiger partial charge in [-0.15, -0.1) is 0 Å². The lowest BCUT2D eigenvalue weighted by Crippen LogP contribution is -2.27. The maximum atomic E-state index is 12.5. The van der Waals surface area contributed by atoms with Gasteiger partial charge in [0.2, 0.25) is 5.78 Å². The van der Waals surface area contributed by atoms with Gasteiger partial charge in [-0.25, -0.2) is 4.52 Å². The molecule has 0 aliphatic rings. The smallest absolute Gasteiger partial charge is 0.315 e. The van der Waals surface area contributed by atoms with Gasteiger partial charge in [0.25, 0.3) is 0 Å². The Hall–Kier alpha value is -0.160. The first-order valence-electron chi connectivity index (χ1n) is 2.90. The Morgan fingerprint density at radius 3 is 2.00 bits per heavy atom. The summed E-state index contributed by atoms with van der Waals surface area (Å²) in [5.74, 6) is -1.39. The zero-order chi connectivity index (χ0) is 9.78. The number of carbonyl (C=O) groups excluding carboxylic acids is 1. The van der Waals surface area contributed by atoms with Crippen LogP contribution in [0.15, 0.2) is 0 Å². The lowest BCUT2D eigenvalue weighted by atomic mass is 10.4. The van der Waals surface area contributed by atoms with E-state index in [1.54, 1.807) is 0 Å². The molecule has 0 radical (unpaired) electrons. The van der Waals surface area contributed by atoms with Crippen LogP contribution < -0.4 is 0 Å². The Balaban J connectivity index is 4.12. The van der Waals surface area contributed by atoms with Crippen LogP contribution in [0, 0.1) is 0 Å². The molecule has 4 nitrogen and oxygen atoms in total. The monoisotopic (exact) mass is 202 g/mol. The molecule has 0 rings (SSSR count). The Labute approximate surface area is 69.8 Å². The van der Waals surface area contributed by atoms with Crippen LogP contribution in [0.4, 0.5) is 8.78 Å². The van der Waals surface area contributed by atoms with E-state index in [0.717, 1.165) is 21.1 Å². The molecule has 7 heteroatoms. The SMILES string of the molecule is COP(OC)OC(F)(F)C(C)=O. The van der Waals surface area contributed by atoms with Gasteiger partial charge >= 0.3 is 14.7 Å². The molecule has 0 aromatic heterocycles. The minimum Gasteiger partial charge on any atom is -0.315 e. The van der Waals surface area contributed by atoms with E-state index in [4.69, 9.17) is 0 Å². The number of carbonyl (C=O) groups is 1. The van der Waals surface area contributed by atoms with Gasteiger partial charge < -0.3 is 9.05 Å². The summed E-state index contributed by atoms with van der Waals surface area (Å²) in [5.41, 5.74) is 0. The average Bonchev–Trinajstić information content (AvgIpc) is 2.00. The summed E-state index contributed by atoms with van der Waals surface area (Å²) in [6.45, 7) is 0.721. The van der Waals surface area contributed by atoms with E-state index in [0.29, 0.717) is 0 Å². The molecule has 0 aliphatic carbocycles. The number of alkyl halides is 2. The summed E-state index contributed by atoms with van der Waals surface area (Å²) < 4.78 is 37.6. The number of rotatable bonds is 5. The van der Waals surface area contributed by atoms with Gasteiger partial charge in [0.15, 0.2) is 0 Å². The Morgan fingerprint density at radius 2 is 1.75 bits per heavy atom. The van der Waals surface area contributed by atoms with Crippen molar-refractivity contribution < 1.29 is 27.1 Å². The van der Waals surface area contributed by atoms with E-state index >= 15 is 0 Å². The summed E-state index contributed by atoms with van der Waals surface area (Å²) in [6.07, 6.45) is -3.84. The first kappa shape index (κ1) is 11.8. The van der Waals surface area contributed by atoms with Crippen molar-refractivity contribution in [3.05, 3.63) is 0 Å². The maximum absolute atomic E-state index is 12.5. The molecule has 0 amide bonds. The number of halogens is 2. The Kier molecular flexibility index (Phi) is 4.70. The molecule has 0 spiro atoms. The molecule has 0 saturated heterocycles. The van der Waals surface area contributed by atoms with Gasteiger partial charge in [-0.05, 0) is 0 Å². The highest BCUT2D eigenvalue weighted by atomic mass is 31.2. The van der Waals surface area contributed by atoms with E-state index in [9.17, 15) is 13.6 Å². The predicted octanol–water partition coefficient (Wildman–Crippen LogP) is 1.70. The summed E-state index contributed by atoms with van der Waals surface area (Å²) in [5, 5.41) is 0. The van der Waals surface area contributed by atoms with Crippen LogP contribution >= 0.6 is 8.60 Å². The molecule has 0 aromatic rings. The van der Waals surface area contributed by atoms with Crippen molar-refractivity contribution in [1.29, 1.82) is 0 Å². The highest BCUT2D eigenvalue weighted by Gasteiger charge is 2.40. The molecule has 0 N–H and O–H groups in total. The minimum atomic E-state index is -3.84. The predicted molar refractivity (Wildman–Crippen MR) is 37.7 cm³/mol. The summed E-state index contributed by atoms with van der Waals surface area (Å²) in [6, 6.07) is 0. The van der Waals surface area contributed by atoms with Crippen molar-refractivity contribution >= 4 is 14.4 Å². The van der Waals surface area contributed by atoms with E-state index in [2.05, 4.69) is 13.6 Å². The highest BCUT2D eigenvalue weighted by Crippen LogP contribution is 2.43. The van der Waals surface area contributed by atoms with Gasteiger partial charge in [0.05, 0.1) is 0 Å². The fraction of sp³-hybridized carbons (Fsp3) is 0.800. The molecule has 0 aromatic carbocycles. The van der Waals surface area contributed by atoms with Crippen LogP contribution in [0.1, 0.15) is 6.92 Å². The van der Waals surface area contributed by atoms with Crippen molar-refractivity contribution in [2.75, 3.05) is 14.2 Å².